The van der Waals surface area contributed by atoms with E-state index in [-0.39, 0.29) is 4.90 Å². The second kappa shape index (κ2) is 6.38. The Morgan fingerprint density at radius 2 is 1.76 bits per heavy atom. The van der Waals surface area contributed by atoms with Crippen molar-refractivity contribution >= 4 is 16.0 Å². The zero-order chi connectivity index (χ0) is 17.4. The Morgan fingerprint density at radius 3 is 2.44 bits per heavy atom. The van der Waals surface area contributed by atoms with Crippen molar-refractivity contribution in [2.75, 3.05) is 5.32 Å². The van der Waals surface area contributed by atoms with Crippen LogP contribution < -0.4 is 10.5 Å². The lowest BCUT2D eigenvalue weighted by atomic mass is 10.1. The van der Waals surface area contributed by atoms with Crippen molar-refractivity contribution in [2.45, 2.75) is 54.9 Å². The molecule has 0 bridgehead atoms. The van der Waals surface area contributed by atoms with Gasteiger partial charge >= 0.3 is 0 Å². The summed E-state index contributed by atoms with van der Waals surface area (Å²) in [6.07, 6.45) is 7.77. The molecule has 2 atom stereocenters. The molecule has 4 rings (SSSR count). The third-order valence-electron chi connectivity index (χ3n) is 5.17. The number of hydrogen-bond donors (Lipinski definition) is 2. The molecule has 0 aliphatic heterocycles. The van der Waals surface area contributed by atoms with Gasteiger partial charge in [0.1, 0.15) is 0 Å². The molecule has 0 amide bonds. The lowest BCUT2D eigenvalue weighted by Crippen LogP contribution is -2.16. The van der Waals surface area contributed by atoms with Crippen molar-refractivity contribution in [2.24, 2.45) is 5.14 Å². The summed E-state index contributed by atoms with van der Waals surface area (Å²) in [6.45, 7) is 0. The molecule has 132 valence electrons. The molecule has 6 nitrogen and oxygen atoms in total. The Bertz CT molecular complexity index is 861. The third kappa shape index (κ3) is 3.67. The monoisotopic (exact) mass is 358 g/mol. The van der Waals surface area contributed by atoms with E-state index >= 15 is 0 Å². The van der Waals surface area contributed by atoms with Gasteiger partial charge in [-0.3, -0.25) is 0 Å². The van der Waals surface area contributed by atoms with Crippen LogP contribution in [0.5, 0.6) is 0 Å². The number of aromatic nitrogens is 2. The normalized spacial score (nSPS) is 23.6. The maximum atomic E-state index is 11.3. The predicted octanol–water partition coefficient (Wildman–Crippen LogP) is 2.75. The van der Waals surface area contributed by atoms with Gasteiger partial charge in [0.05, 0.1) is 4.90 Å². The first-order valence-corrected chi connectivity index (χ1v) is 10.3. The molecular weight excluding hydrogens is 336 g/mol. The summed E-state index contributed by atoms with van der Waals surface area (Å²) in [6, 6.07) is 9.33. The van der Waals surface area contributed by atoms with Crippen LogP contribution in [0, 0.1) is 0 Å². The third-order valence-corrected chi connectivity index (χ3v) is 6.10. The number of nitrogens with zero attached hydrogens (tertiary/aromatic N) is 2. The number of benzene rings is 1. The average molecular weight is 358 g/mol. The first kappa shape index (κ1) is 16.5. The van der Waals surface area contributed by atoms with Gasteiger partial charge in [-0.15, -0.1) is 0 Å². The Labute approximate surface area is 147 Å². The largest absolute Gasteiger partial charge is 0.351 e. The Kier molecular flexibility index (Phi) is 4.21. The second-order valence-corrected chi connectivity index (χ2v) is 8.55. The van der Waals surface area contributed by atoms with Gasteiger partial charge in [-0.1, -0.05) is 25.0 Å². The Balaban J connectivity index is 1.45. The summed E-state index contributed by atoms with van der Waals surface area (Å²) in [4.78, 5) is 9.19. The smallest absolute Gasteiger partial charge is 0.238 e. The van der Waals surface area contributed by atoms with Crippen molar-refractivity contribution in [1.82, 2.24) is 9.97 Å². The number of hydrogen-bond acceptors (Lipinski definition) is 5. The molecule has 1 heterocycles. The molecule has 2 fully saturated rings. The number of anilines is 1. The topological polar surface area (TPSA) is 98.0 Å². The van der Waals surface area contributed by atoms with Crippen LogP contribution in [0.25, 0.3) is 0 Å². The highest BCUT2D eigenvalue weighted by Crippen LogP contribution is 2.54. The van der Waals surface area contributed by atoms with Crippen LogP contribution in [0.4, 0.5) is 5.95 Å². The van der Waals surface area contributed by atoms with Crippen LogP contribution in [0.3, 0.4) is 0 Å². The SMILES string of the molecule is NS(=O)(=O)c1ccc([C@@H]2C[C@H]2c2ccnc(NC3CCCC3)n2)cc1. The minimum atomic E-state index is -3.64. The second-order valence-electron chi connectivity index (χ2n) is 6.99. The van der Waals surface area contributed by atoms with E-state index < -0.39 is 10.0 Å². The van der Waals surface area contributed by atoms with E-state index in [0.29, 0.717) is 17.9 Å². The molecule has 0 saturated heterocycles. The minimum absolute atomic E-state index is 0.151. The van der Waals surface area contributed by atoms with Gasteiger partial charge in [0.25, 0.3) is 0 Å². The van der Waals surface area contributed by atoms with Crippen LogP contribution in [0.15, 0.2) is 41.4 Å². The molecule has 2 aliphatic rings. The molecule has 1 aromatic heterocycles. The number of nitrogens with one attached hydrogen (secondary N) is 1. The maximum Gasteiger partial charge on any atom is 0.238 e. The lowest BCUT2D eigenvalue weighted by molar-refractivity contribution is 0.598. The molecule has 2 aromatic rings. The molecule has 0 spiro atoms. The van der Waals surface area contributed by atoms with Crippen LogP contribution >= 0.6 is 0 Å². The molecule has 2 saturated carbocycles. The molecule has 1 aromatic carbocycles. The van der Waals surface area contributed by atoms with Crippen LogP contribution in [-0.2, 0) is 10.0 Å². The van der Waals surface area contributed by atoms with Crippen molar-refractivity contribution in [3.8, 4) is 0 Å². The zero-order valence-corrected chi connectivity index (χ0v) is 14.7. The highest BCUT2D eigenvalue weighted by atomic mass is 32.2. The first-order chi connectivity index (χ1) is 12.0. The lowest BCUT2D eigenvalue weighted by Gasteiger charge is -2.12. The molecular formula is C18H22N4O2S. The standard InChI is InChI=1S/C18H22N4O2S/c19-25(23,24)14-7-5-12(6-8-14)15-11-16(15)17-9-10-20-18(22-17)21-13-3-1-2-4-13/h5-10,13,15-16H,1-4,11H2,(H2,19,23,24)(H,20,21,22)/t15-,16+/m0/s1. The van der Waals surface area contributed by atoms with E-state index in [1.165, 1.54) is 25.7 Å². The average Bonchev–Trinajstić information content (AvgIpc) is 3.24. The van der Waals surface area contributed by atoms with Crippen molar-refractivity contribution in [3.05, 3.63) is 47.8 Å². The summed E-state index contributed by atoms with van der Waals surface area (Å²) in [5.74, 6) is 1.47. The van der Waals surface area contributed by atoms with E-state index in [1.54, 1.807) is 12.1 Å². The van der Waals surface area contributed by atoms with E-state index in [0.717, 1.165) is 23.6 Å². The highest BCUT2D eigenvalue weighted by Gasteiger charge is 2.40. The number of primary sulfonamides is 1. The summed E-state index contributed by atoms with van der Waals surface area (Å²) >= 11 is 0. The fourth-order valence-electron chi connectivity index (χ4n) is 3.70. The maximum absolute atomic E-state index is 11.3. The quantitative estimate of drug-likeness (QED) is 0.856. The van der Waals surface area contributed by atoms with Gasteiger partial charge in [0.15, 0.2) is 0 Å². The van der Waals surface area contributed by atoms with Gasteiger partial charge in [-0.25, -0.2) is 23.5 Å². The van der Waals surface area contributed by atoms with E-state index in [2.05, 4.69) is 10.3 Å². The summed E-state index contributed by atoms with van der Waals surface area (Å²) in [5, 5.41) is 8.59. The number of sulfonamides is 1. The van der Waals surface area contributed by atoms with Crippen LogP contribution in [-0.4, -0.2) is 24.4 Å². The van der Waals surface area contributed by atoms with E-state index in [9.17, 15) is 8.42 Å². The molecule has 0 radical (unpaired) electrons. The molecule has 0 unspecified atom stereocenters. The van der Waals surface area contributed by atoms with Gasteiger partial charge in [-0.2, -0.15) is 0 Å². The fourth-order valence-corrected chi connectivity index (χ4v) is 4.21. The summed E-state index contributed by atoms with van der Waals surface area (Å²) in [7, 11) is -3.64. The molecule has 3 N–H and O–H groups in total. The zero-order valence-electron chi connectivity index (χ0n) is 13.9. The van der Waals surface area contributed by atoms with Crippen molar-refractivity contribution < 1.29 is 8.42 Å². The Morgan fingerprint density at radius 1 is 1.04 bits per heavy atom. The molecule has 7 heteroatoms. The molecule has 25 heavy (non-hydrogen) atoms. The summed E-state index contributed by atoms with van der Waals surface area (Å²) in [5.41, 5.74) is 2.18. The van der Waals surface area contributed by atoms with Crippen molar-refractivity contribution in [1.29, 1.82) is 0 Å². The summed E-state index contributed by atoms with van der Waals surface area (Å²) < 4.78 is 22.7. The van der Waals surface area contributed by atoms with Gasteiger partial charge in [0.2, 0.25) is 16.0 Å². The minimum Gasteiger partial charge on any atom is -0.351 e. The first-order valence-electron chi connectivity index (χ1n) is 8.73. The fraction of sp³-hybridized carbons (Fsp3) is 0.444. The van der Waals surface area contributed by atoms with E-state index in [4.69, 9.17) is 10.1 Å². The predicted molar refractivity (Wildman–Crippen MR) is 95.8 cm³/mol. The van der Waals surface area contributed by atoms with Gasteiger partial charge in [-0.05, 0) is 48.9 Å². The van der Waals surface area contributed by atoms with Gasteiger partial charge < -0.3 is 5.32 Å². The molecule has 2 aliphatic carbocycles. The highest BCUT2D eigenvalue weighted by molar-refractivity contribution is 7.89. The van der Waals surface area contributed by atoms with Gasteiger partial charge in [0, 0.05) is 23.9 Å². The number of nitrogens with two attached hydrogens (primary N) is 1. The van der Waals surface area contributed by atoms with Crippen LogP contribution in [0.1, 0.15) is 55.2 Å². The van der Waals surface area contributed by atoms with Crippen LogP contribution in [0.2, 0.25) is 0 Å². The Hall–Kier alpha value is -1.99. The van der Waals surface area contributed by atoms with E-state index in [1.807, 2.05) is 24.4 Å². The number of rotatable bonds is 5. The van der Waals surface area contributed by atoms with Crippen molar-refractivity contribution in [3.63, 3.8) is 0 Å².